The van der Waals surface area contributed by atoms with Crippen LogP contribution in [0.2, 0.25) is 10.0 Å². The molecule has 29 heavy (non-hydrogen) atoms. The molecule has 0 spiro atoms. The van der Waals surface area contributed by atoms with Gasteiger partial charge in [-0.15, -0.1) is 0 Å². The van der Waals surface area contributed by atoms with Gasteiger partial charge in [0.2, 0.25) is 0 Å². The maximum Gasteiger partial charge on any atom is 0.256 e. The first-order chi connectivity index (χ1) is 13.9. The van der Waals surface area contributed by atoms with E-state index in [1.807, 2.05) is 66.6 Å². The van der Waals surface area contributed by atoms with E-state index in [4.69, 9.17) is 23.2 Å². The number of amides is 1. The number of piperazine rings is 1. The first kappa shape index (κ1) is 20.0. The lowest BCUT2D eigenvalue weighted by molar-refractivity contribution is 0.0664. The van der Waals surface area contributed by atoms with Crippen molar-refractivity contribution in [2.24, 2.45) is 0 Å². The molecule has 1 aromatic heterocycles. The molecule has 0 N–H and O–H groups in total. The van der Waals surface area contributed by atoms with Crippen LogP contribution in [-0.4, -0.2) is 53.5 Å². The van der Waals surface area contributed by atoms with Crippen molar-refractivity contribution in [1.29, 1.82) is 0 Å². The number of carbonyl (C=O) groups excluding carboxylic acids is 1. The van der Waals surface area contributed by atoms with Gasteiger partial charge in [-0.25, -0.2) is 0 Å². The molecule has 1 aliphatic rings. The Labute approximate surface area is 181 Å². The van der Waals surface area contributed by atoms with Crippen LogP contribution in [0.3, 0.4) is 0 Å². The molecule has 4 nitrogen and oxygen atoms in total. The molecule has 1 aliphatic heterocycles. The van der Waals surface area contributed by atoms with E-state index in [1.165, 1.54) is 0 Å². The van der Waals surface area contributed by atoms with Crippen molar-refractivity contribution in [1.82, 2.24) is 14.4 Å². The predicted molar refractivity (Wildman–Crippen MR) is 119 cm³/mol. The van der Waals surface area contributed by atoms with E-state index >= 15 is 0 Å². The van der Waals surface area contributed by atoms with E-state index in [0.29, 0.717) is 10.0 Å². The number of hydrogen-bond donors (Lipinski definition) is 0. The van der Waals surface area contributed by atoms with Crippen molar-refractivity contribution in [3.05, 3.63) is 76.0 Å². The van der Waals surface area contributed by atoms with E-state index in [1.54, 1.807) is 0 Å². The average molecular weight is 428 g/mol. The average Bonchev–Trinajstić information content (AvgIpc) is 3.06. The first-order valence-corrected chi connectivity index (χ1v) is 10.4. The highest BCUT2D eigenvalue weighted by atomic mass is 35.5. The highest BCUT2D eigenvalue weighted by Crippen LogP contribution is 2.32. The van der Waals surface area contributed by atoms with Crippen LogP contribution < -0.4 is 0 Å². The largest absolute Gasteiger partial charge is 0.336 e. The number of carbonyl (C=O) groups is 1. The van der Waals surface area contributed by atoms with E-state index in [9.17, 15) is 4.79 Å². The molecule has 1 saturated heterocycles. The zero-order valence-corrected chi connectivity index (χ0v) is 18.0. The van der Waals surface area contributed by atoms with Gasteiger partial charge in [0.15, 0.2) is 0 Å². The van der Waals surface area contributed by atoms with Gasteiger partial charge in [0.25, 0.3) is 5.91 Å². The van der Waals surface area contributed by atoms with Crippen molar-refractivity contribution < 1.29 is 4.79 Å². The zero-order valence-electron chi connectivity index (χ0n) is 16.5. The molecule has 0 atom stereocenters. The molecule has 0 radical (unpaired) electrons. The summed E-state index contributed by atoms with van der Waals surface area (Å²) < 4.78 is 2.06. The lowest BCUT2D eigenvalue weighted by Crippen LogP contribution is -2.47. The van der Waals surface area contributed by atoms with Gasteiger partial charge in [0.05, 0.1) is 5.56 Å². The summed E-state index contributed by atoms with van der Waals surface area (Å²) in [7, 11) is 2.09. The van der Waals surface area contributed by atoms with Crippen molar-refractivity contribution in [3.8, 4) is 16.8 Å². The molecule has 2 aromatic carbocycles. The van der Waals surface area contributed by atoms with Crippen LogP contribution in [0.5, 0.6) is 0 Å². The SMILES string of the molecule is Cc1c(C(=O)N2CCN(C)CC2)c(-c2ccc(Cl)cc2)cn1-c1ccc(Cl)cc1. The molecule has 0 aliphatic carbocycles. The third kappa shape index (κ3) is 4.06. The van der Waals surface area contributed by atoms with Crippen LogP contribution >= 0.6 is 23.2 Å². The quantitative estimate of drug-likeness (QED) is 0.578. The van der Waals surface area contributed by atoms with Crippen molar-refractivity contribution in [3.63, 3.8) is 0 Å². The maximum atomic E-state index is 13.5. The summed E-state index contributed by atoms with van der Waals surface area (Å²) in [4.78, 5) is 17.7. The number of nitrogens with zero attached hydrogens (tertiary/aromatic N) is 3. The molecule has 150 valence electrons. The Bertz CT molecular complexity index is 1020. The predicted octanol–water partition coefficient (Wildman–Crippen LogP) is 5.15. The topological polar surface area (TPSA) is 28.5 Å². The van der Waals surface area contributed by atoms with Crippen LogP contribution in [0, 0.1) is 6.92 Å². The number of hydrogen-bond acceptors (Lipinski definition) is 2. The van der Waals surface area contributed by atoms with Gasteiger partial charge in [-0.05, 0) is 55.9 Å². The second-order valence-corrected chi connectivity index (χ2v) is 8.32. The minimum Gasteiger partial charge on any atom is -0.336 e. The van der Waals surface area contributed by atoms with E-state index in [0.717, 1.165) is 54.3 Å². The molecule has 2 heterocycles. The fraction of sp³-hybridized carbons (Fsp3) is 0.261. The standard InChI is InChI=1S/C23H23Cl2N3O/c1-16-22(23(29)27-13-11-26(2)12-14-27)21(17-3-5-18(24)6-4-17)15-28(16)20-9-7-19(25)8-10-20/h3-10,15H,11-14H2,1-2H3. The molecule has 0 saturated carbocycles. The molecule has 0 unspecified atom stereocenters. The van der Waals surface area contributed by atoms with Crippen LogP contribution in [-0.2, 0) is 0 Å². The van der Waals surface area contributed by atoms with Crippen molar-refractivity contribution >= 4 is 29.1 Å². The highest BCUT2D eigenvalue weighted by Gasteiger charge is 2.27. The fourth-order valence-electron chi connectivity index (χ4n) is 3.76. The summed E-state index contributed by atoms with van der Waals surface area (Å²) in [5.74, 6) is 0.0771. The Morgan fingerprint density at radius 3 is 2.00 bits per heavy atom. The third-order valence-electron chi connectivity index (χ3n) is 5.52. The van der Waals surface area contributed by atoms with Gasteiger partial charge in [-0.2, -0.15) is 0 Å². The second kappa shape index (κ2) is 8.23. The van der Waals surface area contributed by atoms with E-state index < -0.39 is 0 Å². The van der Waals surface area contributed by atoms with Gasteiger partial charge < -0.3 is 14.4 Å². The van der Waals surface area contributed by atoms with Crippen molar-refractivity contribution in [2.75, 3.05) is 33.2 Å². The Balaban J connectivity index is 1.82. The minimum atomic E-state index is 0.0771. The van der Waals surface area contributed by atoms with Gasteiger partial charge in [-0.3, -0.25) is 4.79 Å². The van der Waals surface area contributed by atoms with Gasteiger partial charge >= 0.3 is 0 Å². The molecule has 4 rings (SSSR count). The van der Waals surface area contributed by atoms with Crippen LogP contribution in [0.4, 0.5) is 0 Å². The van der Waals surface area contributed by atoms with Crippen LogP contribution in [0.25, 0.3) is 16.8 Å². The van der Waals surface area contributed by atoms with Crippen LogP contribution in [0.1, 0.15) is 16.1 Å². The second-order valence-electron chi connectivity index (χ2n) is 7.45. The summed E-state index contributed by atoms with van der Waals surface area (Å²) in [6.07, 6.45) is 2.03. The molecule has 0 bridgehead atoms. The molecular formula is C23H23Cl2N3O. The smallest absolute Gasteiger partial charge is 0.256 e. The summed E-state index contributed by atoms with van der Waals surface area (Å²) in [6.45, 7) is 5.25. The summed E-state index contributed by atoms with van der Waals surface area (Å²) >= 11 is 12.1. The first-order valence-electron chi connectivity index (χ1n) is 9.65. The number of halogens is 2. The molecule has 6 heteroatoms. The van der Waals surface area contributed by atoms with Gasteiger partial charge in [-0.1, -0.05) is 35.3 Å². The van der Waals surface area contributed by atoms with E-state index in [2.05, 4.69) is 16.5 Å². The number of benzene rings is 2. The maximum absolute atomic E-state index is 13.5. The highest BCUT2D eigenvalue weighted by molar-refractivity contribution is 6.30. The number of likely N-dealkylation sites (N-methyl/N-ethyl adjacent to an activating group) is 1. The lowest BCUT2D eigenvalue weighted by Gasteiger charge is -2.32. The Hall–Kier alpha value is -2.27. The summed E-state index contributed by atoms with van der Waals surface area (Å²) in [5, 5.41) is 1.36. The summed E-state index contributed by atoms with van der Waals surface area (Å²) in [5.41, 5.74) is 4.52. The number of aromatic nitrogens is 1. The Morgan fingerprint density at radius 1 is 0.862 bits per heavy atom. The summed E-state index contributed by atoms with van der Waals surface area (Å²) in [6, 6.07) is 15.3. The van der Waals surface area contributed by atoms with Crippen molar-refractivity contribution in [2.45, 2.75) is 6.92 Å². The normalized spacial score (nSPS) is 15.0. The molecule has 1 fully saturated rings. The zero-order chi connectivity index (χ0) is 20.5. The Morgan fingerprint density at radius 2 is 1.41 bits per heavy atom. The van der Waals surface area contributed by atoms with E-state index in [-0.39, 0.29) is 5.91 Å². The Kier molecular flexibility index (Phi) is 5.68. The molecule has 3 aromatic rings. The molecule has 1 amide bonds. The lowest BCUT2D eigenvalue weighted by atomic mass is 10.0. The van der Waals surface area contributed by atoms with Crippen LogP contribution in [0.15, 0.2) is 54.7 Å². The third-order valence-corrected chi connectivity index (χ3v) is 6.02. The fourth-order valence-corrected chi connectivity index (χ4v) is 4.01. The minimum absolute atomic E-state index is 0.0771. The van der Waals surface area contributed by atoms with Gasteiger partial charge in [0, 0.05) is 59.4 Å². The monoisotopic (exact) mass is 427 g/mol. The van der Waals surface area contributed by atoms with Gasteiger partial charge in [0.1, 0.15) is 0 Å². The molecular weight excluding hydrogens is 405 g/mol. The number of rotatable bonds is 3.